The van der Waals surface area contributed by atoms with Gasteiger partial charge in [0.05, 0.1) is 13.2 Å². The first-order valence-electron chi connectivity index (χ1n) is 5.09. The summed E-state index contributed by atoms with van der Waals surface area (Å²) in [5.41, 5.74) is 0. The van der Waals surface area contributed by atoms with E-state index in [4.69, 9.17) is 14.9 Å². The van der Waals surface area contributed by atoms with Gasteiger partial charge < -0.3 is 25.6 Å². The molecule has 0 aromatic heterocycles. The number of nitrogens with one attached hydrogen (secondary N) is 2. The molecule has 1 heterocycles. The molecule has 1 saturated heterocycles. The average Bonchev–Trinajstić information content (AvgIpc) is 2.75. The third-order valence-electron chi connectivity index (χ3n) is 2.36. The Kier molecular flexibility index (Phi) is 5.00. The predicted octanol–water partition coefficient (Wildman–Crippen LogP) is -1.23. The number of carboxylic acids is 1. The third kappa shape index (κ3) is 4.03. The Morgan fingerprint density at radius 3 is 2.75 bits per heavy atom. The summed E-state index contributed by atoms with van der Waals surface area (Å²) < 4.78 is 5.12. The second-order valence-corrected chi connectivity index (χ2v) is 3.66. The number of rotatable bonds is 5. The second kappa shape index (κ2) is 6.29. The Hall–Kier alpha value is -1.34. The van der Waals surface area contributed by atoms with Crippen LogP contribution in [0.2, 0.25) is 0 Å². The Bertz CT molecular complexity index is 252. The van der Waals surface area contributed by atoms with Crippen LogP contribution < -0.4 is 10.6 Å². The summed E-state index contributed by atoms with van der Waals surface area (Å²) in [5, 5.41) is 22.0. The van der Waals surface area contributed by atoms with Crippen LogP contribution in [0, 0.1) is 5.92 Å². The second-order valence-electron chi connectivity index (χ2n) is 3.66. The molecule has 0 aromatic carbocycles. The number of aliphatic hydroxyl groups excluding tert-OH is 1. The number of carbonyl (C=O) groups excluding carboxylic acids is 1. The molecule has 1 aliphatic rings. The fourth-order valence-corrected chi connectivity index (χ4v) is 1.38. The summed E-state index contributed by atoms with van der Waals surface area (Å²) in [6.07, 6.45) is 0.892. The van der Waals surface area contributed by atoms with Crippen molar-refractivity contribution in [1.29, 1.82) is 0 Å². The molecular weight excluding hydrogens is 216 g/mol. The molecule has 0 aliphatic carbocycles. The lowest BCUT2D eigenvalue weighted by Gasteiger charge is -2.14. The van der Waals surface area contributed by atoms with E-state index in [0.717, 1.165) is 6.42 Å². The number of hydrogen-bond donors (Lipinski definition) is 4. The molecule has 0 radical (unpaired) electrons. The Morgan fingerprint density at radius 2 is 2.25 bits per heavy atom. The van der Waals surface area contributed by atoms with Crippen LogP contribution in [0.25, 0.3) is 0 Å². The maximum absolute atomic E-state index is 11.2. The highest BCUT2D eigenvalue weighted by Crippen LogP contribution is 2.10. The monoisotopic (exact) mass is 232 g/mol. The van der Waals surface area contributed by atoms with Crippen molar-refractivity contribution >= 4 is 12.0 Å². The zero-order valence-corrected chi connectivity index (χ0v) is 8.81. The molecule has 92 valence electrons. The van der Waals surface area contributed by atoms with E-state index in [2.05, 4.69) is 10.6 Å². The lowest BCUT2D eigenvalue weighted by molar-refractivity contribution is -0.140. The molecule has 7 nitrogen and oxygen atoms in total. The fraction of sp³-hybridized carbons (Fsp3) is 0.778. The molecule has 0 aromatic rings. The minimum atomic E-state index is -1.26. The van der Waals surface area contributed by atoms with E-state index < -0.39 is 24.6 Å². The molecule has 0 bridgehead atoms. The number of carboxylic acid groups (broad SMARTS) is 1. The molecule has 1 fully saturated rings. The van der Waals surface area contributed by atoms with Gasteiger partial charge in [0.15, 0.2) is 6.04 Å². The lowest BCUT2D eigenvalue weighted by atomic mass is 10.1. The van der Waals surface area contributed by atoms with Gasteiger partial charge in [0, 0.05) is 19.1 Å². The molecule has 4 N–H and O–H groups in total. The predicted molar refractivity (Wildman–Crippen MR) is 54.0 cm³/mol. The summed E-state index contributed by atoms with van der Waals surface area (Å²) >= 11 is 0. The molecule has 16 heavy (non-hydrogen) atoms. The number of ether oxygens (including phenoxy) is 1. The van der Waals surface area contributed by atoms with Crippen LogP contribution in [0.4, 0.5) is 4.79 Å². The molecule has 2 atom stereocenters. The SMILES string of the molecule is O=C(NCC1CCOC1)NC(CO)C(=O)O. The Labute approximate surface area is 92.8 Å². The molecule has 2 amide bonds. The number of aliphatic carboxylic acids is 1. The van der Waals surface area contributed by atoms with E-state index in [0.29, 0.717) is 19.8 Å². The summed E-state index contributed by atoms with van der Waals surface area (Å²) in [6, 6.07) is -1.85. The fourth-order valence-electron chi connectivity index (χ4n) is 1.38. The Balaban J connectivity index is 2.21. The van der Waals surface area contributed by atoms with E-state index in [-0.39, 0.29) is 5.92 Å². The van der Waals surface area contributed by atoms with E-state index >= 15 is 0 Å². The summed E-state index contributed by atoms with van der Waals surface area (Å²) in [7, 11) is 0. The van der Waals surface area contributed by atoms with Gasteiger partial charge in [-0.1, -0.05) is 0 Å². The minimum Gasteiger partial charge on any atom is -0.480 e. The quantitative estimate of drug-likeness (QED) is 0.474. The summed E-state index contributed by atoms with van der Waals surface area (Å²) in [5.74, 6) is -0.981. The normalized spacial score (nSPS) is 21.4. The number of amides is 2. The average molecular weight is 232 g/mol. The van der Waals surface area contributed by atoms with Crippen LogP contribution in [-0.4, -0.2) is 54.6 Å². The van der Waals surface area contributed by atoms with Crippen molar-refractivity contribution in [2.24, 2.45) is 5.92 Å². The number of carbonyl (C=O) groups is 2. The number of hydrogen-bond acceptors (Lipinski definition) is 4. The smallest absolute Gasteiger partial charge is 0.328 e. The van der Waals surface area contributed by atoms with E-state index in [1.807, 2.05) is 0 Å². The third-order valence-corrected chi connectivity index (χ3v) is 2.36. The van der Waals surface area contributed by atoms with Crippen LogP contribution in [0.15, 0.2) is 0 Å². The summed E-state index contributed by atoms with van der Waals surface area (Å²) in [6.45, 7) is 1.13. The van der Waals surface area contributed by atoms with Gasteiger partial charge in [-0.05, 0) is 6.42 Å². The molecular formula is C9H16N2O5. The maximum atomic E-state index is 11.2. The first-order valence-corrected chi connectivity index (χ1v) is 5.09. The van der Waals surface area contributed by atoms with Gasteiger partial charge in [-0.15, -0.1) is 0 Å². The standard InChI is InChI=1S/C9H16N2O5/c12-4-7(8(13)14)11-9(15)10-3-6-1-2-16-5-6/h6-7,12H,1-5H2,(H,13,14)(H2,10,11,15). The van der Waals surface area contributed by atoms with Gasteiger partial charge in [0.2, 0.25) is 0 Å². The van der Waals surface area contributed by atoms with Gasteiger partial charge in [-0.2, -0.15) is 0 Å². The largest absolute Gasteiger partial charge is 0.480 e. The maximum Gasteiger partial charge on any atom is 0.328 e. The summed E-state index contributed by atoms with van der Waals surface area (Å²) in [4.78, 5) is 21.7. The first kappa shape index (κ1) is 12.7. The van der Waals surface area contributed by atoms with Crippen molar-refractivity contribution in [2.45, 2.75) is 12.5 Å². The molecule has 2 unspecified atom stereocenters. The van der Waals surface area contributed by atoms with Crippen LogP contribution in [0.5, 0.6) is 0 Å². The van der Waals surface area contributed by atoms with Crippen LogP contribution in [0.1, 0.15) is 6.42 Å². The van der Waals surface area contributed by atoms with Gasteiger partial charge in [0.1, 0.15) is 0 Å². The van der Waals surface area contributed by atoms with Crippen molar-refractivity contribution < 1.29 is 24.5 Å². The van der Waals surface area contributed by atoms with E-state index in [9.17, 15) is 9.59 Å². The van der Waals surface area contributed by atoms with Crippen LogP contribution in [-0.2, 0) is 9.53 Å². The highest BCUT2D eigenvalue weighted by Gasteiger charge is 2.20. The topological polar surface area (TPSA) is 108 Å². The Morgan fingerprint density at radius 1 is 1.50 bits per heavy atom. The van der Waals surface area contributed by atoms with Crippen LogP contribution >= 0.6 is 0 Å². The number of aliphatic hydroxyl groups is 1. The zero-order valence-electron chi connectivity index (χ0n) is 8.81. The molecule has 1 aliphatic heterocycles. The first-order chi connectivity index (χ1) is 7.63. The van der Waals surface area contributed by atoms with Gasteiger partial charge >= 0.3 is 12.0 Å². The lowest BCUT2D eigenvalue weighted by Crippen LogP contribution is -2.48. The van der Waals surface area contributed by atoms with Crippen molar-refractivity contribution in [3.05, 3.63) is 0 Å². The van der Waals surface area contributed by atoms with Crippen molar-refractivity contribution in [1.82, 2.24) is 10.6 Å². The number of urea groups is 1. The molecule has 0 spiro atoms. The van der Waals surface area contributed by atoms with E-state index in [1.54, 1.807) is 0 Å². The molecule has 7 heteroatoms. The highest BCUT2D eigenvalue weighted by atomic mass is 16.5. The molecule has 1 rings (SSSR count). The molecule has 0 saturated carbocycles. The highest BCUT2D eigenvalue weighted by molar-refractivity contribution is 5.82. The van der Waals surface area contributed by atoms with Gasteiger partial charge in [-0.3, -0.25) is 0 Å². The van der Waals surface area contributed by atoms with Crippen molar-refractivity contribution in [3.8, 4) is 0 Å². The van der Waals surface area contributed by atoms with Gasteiger partial charge in [-0.25, -0.2) is 9.59 Å². The zero-order chi connectivity index (χ0) is 12.0. The van der Waals surface area contributed by atoms with Gasteiger partial charge in [0.25, 0.3) is 0 Å². The minimum absolute atomic E-state index is 0.281. The van der Waals surface area contributed by atoms with Crippen molar-refractivity contribution in [3.63, 3.8) is 0 Å². The van der Waals surface area contributed by atoms with E-state index in [1.165, 1.54) is 0 Å². The van der Waals surface area contributed by atoms with Crippen molar-refractivity contribution in [2.75, 3.05) is 26.4 Å². The van der Waals surface area contributed by atoms with Crippen LogP contribution in [0.3, 0.4) is 0 Å².